The second-order valence-corrected chi connectivity index (χ2v) is 7.92. The molecule has 0 aliphatic heterocycles. The molecule has 0 saturated heterocycles. The highest BCUT2D eigenvalue weighted by Gasteiger charge is 2.17. The molecule has 0 aliphatic carbocycles. The molecule has 174 valence electrons. The van der Waals surface area contributed by atoms with Crippen LogP contribution in [0, 0.1) is 0 Å². The molecule has 0 fully saturated rings. The molecule has 3 heterocycles. The van der Waals surface area contributed by atoms with E-state index in [1.165, 1.54) is 0 Å². The first-order valence-electron chi connectivity index (χ1n) is 11.0. The lowest BCUT2D eigenvalue weighted by Crippen LogP contribution is -2.30. The van der Waals surface area contributed by atoms with Crippen LogP contribution in [0.15, 0.2) is 83.4 Å². The number of ether oxygens (including phenoxy) is 1. The Morgan fingerprint density at radius 2 is 1.82 bits per heavy atom. The average molecular weight is 459 g/mol. The van der Waals surface area contributed by atoms with E-state index in [-0.39, 0.29) is 12.6 Å². The molecule has 0 spiro atoms. The average Bonchev–Trinajstić information content (AvgIpc) is 3.46. The Bertz CT molecular complexity index is 1330. The van der Waals surface area contributed by atoms with E-state index in [0.29, 0.717) is 18.5 Å². The number of benzene rings is 2. The van der Waals surface area contributed by atoms with Crippen molar-refractivity contribution in [2.24, 2.45) is 0 Å². The molecule has 0 saturated carbocycles. The number of furan rings is 1. The number of carboxylic acid groups (broad SMARTS) is 1. The molecule has 0 aliphatic rings. The van der Waals surface area contributed by atoms with E-state index in [9.17, 15) is 0 Å². The zero-order valence-electron chi connectivity index (χ0n) is 19.0. The van der Waals surface area contributed by atoms with E-state index in [2.05, 4.69) is 36.3 Å². The van der Waals surface area contributed by atoms with Gasteiger partial charge in [-0.2, -0.15) is 0 Å². The molecule has 34 heavy (non-hydrogen) atoms. The minimum absolute atomic E-state index is 0.160. The van der Waals surface area contributed by atoms with Crippen LogP contribution in [0.5, 0.6) is 5.88 Å². The Hall–Kier alpha value is -4.17. The predicted molar refractivity (Wildman–Crippen MR) is 130 cm³/mol. The van der Waals surface area contributed by atoms with Crippen LogP contribution in [-0.2, 0) is 4.79 Å². The number of hydrogen-bond donors (Lipinski definition) is 2. The summed E-state index contributed by atoms with van der Waals surface area (Å²) >= 11 is 0. The van der Waals surface area contributed by atoms with Gasteiger partial charge in [-0.3, -0.25) is 4.79 Å². The number of imidazole rings is 1. The van der Waals surface area contributed by atoms with Crippen molar-refractivity contribution in [1.82, 2.24) is 19.9 Å². The Kier molecular flexibility index (Phi) is 7.19. The summed E-state index contributed by atoms with van der Waals surface area (Å²) in [5.74, 6) is 1.25. The highest BCUT2D eigenvalue weighted by Crippen LogP contribution is 2.29. The number of rotatable bonds is 7. The second kappa shape index (κ2) is 10.6. The summed E-state index contributed by atoms with van der Waals surface area (Å²) in [5, 5.41) is 16.1. The molecule has 0 amide bonds. The fraction of sp³-hybridized carbons (Fsp3) is 0.192. The molecule has 3 aromatic heterocycles. The number of fused-ring (bicyclic) bond motifs is 2. The second-order valence-electron chi connectivity index (χ2n) is 7.92. The van der Waals surface area contributed by atoms with Crippen molar-refractivity contribution in [3.05, 3.63) is 84.6 Å². The zero-order chi connectivity index (χ0) is 23.9. The quantitative estimate of drug-likeness (QED) is 0.332. The van der Waals surface area contributed by atoms with Gasteiger partial charge in [0.2, 0.25) is 5.88 Å². The highest BCUT2D eigenvalue weighted by atomic mass is 16.5. The number of para-hydroxylation sites is 1. The fourth-order valence-electron chi connectivity index (χ4n) is 3.58. The summed E-state index contributed by atoms with van der Waals surface area (Å²) in [6.07, 6.45) is 1.62. The maximum absolute atomic E-state index is 8.36. The van der Waals surface area contributed by atoms with Gasteiger partial charge in [0.15, 0.2) is 11.4 Å². The number of hydrogen-bond acceptors (Lipinski definition) is 6. The van der Waals surface area contributed by atoms with Gasteiger partial charge in [-0.15, -0.1) is 5.10 Å². The van der Waals surface area contributed by atoms with Gasteiger partial charge in [-0.05, 0) is 23.8 Å². The third-order valence-corrected chi connectivity index (χ3v) is 5.16. The Morgan fingerprint density at radius 1 is 1.09 bits per heavy atom. The number of nitrogens with one attached hydrogen (secondary N) is 1. The topological polar surface area (TPSA) is 102 Å². The molecule has 8 heteroatoms. The largest absolute Gasteiger partial charge is 0.483 e. The smallest absolute Gasteiger partial charge is 0.290 e. The minimum Gasteiger partial charge on any atom is -0.483 e. The van der Waals surface area contributed by atoms with Gasteiger partial charge in [0.1, 0.15) is 17.4 Å². The summed E-state index contributed by atoms with van der Waals surface area (Å²) in [4.78, 5) is 12.8. The van der Waals surface area contributed by atoms with Crippen LogP contribution in [0.25, 0.3) is 28.1 Å². The lowest BCUT2D eigenvalue weighted by atomic mass is 10.1. The highest BCUT2D eigenvalue weighted by molar-refractivity contribution is 5.82. The molecule has 8 nitrogen and oxygen atoms in total. The molecular weight excluding hydrogens is 432 g/mol. The van der Waals surface area contributed by atoms with Gasteiger partial charge >= 0.3 is 0 Å². The van der Waals surface area contributed by atoms with Crippen molar-refractivity contribution in [2.75, 3.05) is 6.54 Å². The monoisotopic (exact) mass is 458 g/mol. The normalized spacial score (nSPS) is 11.9. The van der Waals surface area contributed by atoms with E-state index >= 15 is 0 Å². The minimum atomic E-state index is -0.250. The van der Waals surface area contributed by atoms with Gasteiger partial charge < -0.3 is 19.6 Å². The Morgan fingerprint density at radius 3 is 2.56 bits per heavy atom. The standard InChI is InChI=1S/C25H24N4O2.CH2O2/c1-17(2)26-16-23(18-8-4-3-5-9-18)31-25-13-12-24-27-15-20(29(24)28-25)22-14-19-10-6-7-11-21(19)30-22;2-1-3/h3-15,17,23,26H,16H2,1-2H3;1H,(H,2,3). The molecule has 0 radical (unpaired) electrons. The van der Waals surface area contributed by atoms with E-state index in [4.69, 9.17) is 24.2 Å². The molecule has 2 N–H and O–H groups in total. The van der Waals surface area contributed by atoms with Gasteiger partial charge in [0.05, 0.1) is 6.20 Å². The molecule has 1 unspecified atom stereocenters. The van der Waals surface area contributed by atoms with Crippen LogP contribution < -0.4 is 10.1 Å². The first kappa shape index (κ1) is 23.0. The van der Waals surface area contributed by atoms with Crippen LogP contribution >= 0.6 is 0 Å². The summed E-state index contributed by atoms with van der Waals surface area (Å²) < 4.78 is 14.1. The molecule has 1 atom stereocenters. The van der Waals surface area contributed by atoms with E-state index < -0.39 is 0 Å². The van der Waals surface area contributed by atoms with Crippen molar-refractivity contribution in [3.8, 4) is 17.3 Å². The first-order chi connectivity index (χ1) is 16.6. The van der Waals surface area contributed by atoms with Gasteiger partial charge in [-0.25, -0.2) is 9.50 Å². The van der Waals surface area contributed by atoms with Crippen molar-refractivity contribution in [3.63, 3.8) is 0 Å². The molecular formula is C26H26N4O4. The maximum atomic E-state index is 8.36. The molecule has 2 aromatic carbocycles. The third-order valence-electron chi connectivity index (χ3n) is 5.16. The van der Waals surface area contributed by atoms with Gasteiger partial charge in [-0.1, -0.05) is 62.4 Å². The van der Waals surface area contributed by atoms with Crippen LogP contribution in [0.4, 0.5) is 0 Å². The lowest BCUT2D eigenvalue weighted by molar-refractivity contribution is -0.122. The first-order valence-corrected chi connectivity index (χ1v) is 11.0. The fourth-order valence-corrected chi connectivity index (χ4v) is 3.58. The summed E-state index contributed by atoms with van der Waals surface area (Å²) in [6, 6.07) is 24.3. The Labute approximate surface area is 196 Å². The maximum Gasteiger partial charge on any atom is 0.290 e. The predicted octanol–water partition coefficient (Wildman–Crippen LogP) is 4.96. The summed E-state index contributed by atoms with van der Waals surface area (Å²) in [5.41, 5.74) is 3.46. The van der Waals surface area contributed by atoms with E-state index in [1.54, 1.807) is 10.7 Å². The molecule has 0 bridgehead atoms. The molecule has 5 rings (SSSR count). The van der Waals surface area contributed by atoms with Crippen molar-refractivity contribution in [2.45, 2.75) is 26.0 Å². The van der Waals surface area contributed by atoms with Gasteiger partial charge in [0, 0.05) is 24.0 Å². The number of aromatic nitrogens is 3. The van der Waals surface area contributed by atoms with Crippen LogP contribution in [-0.4, -0.2) is 38.8 Å². The van der Waals surface area contributed by atoms with Crippen molar-refractivity contribution >= 4 is 23.1 Å². The lowest BCUT2D eigenvalue weighted by Gasteiger charge is -2.21. The van der Waals surface area contributed by atoms with Crippen molar-refractivity contribution < 1.29 is 19.1 Å². The van der Waals surface area contributed by atoms with Crippen LogP contribution in [0.3, 0.4) is 0 Å². The Balaban J connectivity index is 0.000000868. The zero-order valence-corrected chi connectivity index (χ0v) is 19.0. The third kappa shape index (κ3) is 5.24. The van der Waals surface area contributed by atoms with E-state index in [0.717, 1.165) is 33.6 Å². The SMILES string of the molecule is CC(C)NCC(Oc1ccc2ncc(-c3cc4ccccc4o3)n2n1)c1ccccc1.O=CO. The van der Waals surface area contributed by atoms with Gasteiger partial charge in [0.25, 0.3) is 6.47 Å². The summed E-state index contributed by atoms with van der Waals surface area (Å²) in [6.45, 7) is 4.68. The number of carbonyl (C=O) groups is 1. The molecule has 5 aromatic rings. The van der Waals surface area contributed by atoms with E-state index in [1.807, 2.05) is 60.7 Å². The van der Waals surface area contributed by atoms with Crippen LogP contribution in [0.2, 0.25) is 0 Å². The summed E-state index contributed by atoms with van der Waals surface area (Å²) in [7, 11) is 0. The number of nitrogens with zero attached hydrogens (tertiary/aromatic N) is 3. The van der Waals surface area contributed by atoms with Crippen molar-refractivity contribution in [1.29, 1.82) is 0 Å². The van der Waals surface area contributed by atoms with Crippen LogP contribution in [0.1, 0.15) is 25.5 Å².